The van der Waals surface area contributed by atoms with E-state index in [0.29, 0.717) is 13.0 Å². The van der Waals surface area contributed by atoms with E-state index in [1.54, 1.807) is 50.8 Å². The molecule has 8 heteroatoms. The minimum atomic E-state index is -0.778. The van der Waals surface area contributed by atoms with E-state index in [0.717, 1.165) is 32.2 Å². The number of phenols is 1. The molecule has 2 amide bonds. The molecule has 2 heterocycles. The van der Waals surface area contributed by atoms with Crippen LogP contribution in [0.15, 0.2) is 46.9 Å². The van der Waals surface area contributed by atoms with E-state index in [9.17, 15) is 14.7 Å². The second kappa shape index (κ2) is 8.74. The van der Waals surface area contributed by atoms with Crippen LogP contribution in [-0.2, 0) is 16.0 Å². The summed E-state index contributed by atoms with van der Waals surface area (Å²) in [6, 6.07) is 11.8. The molecule has 1 aliphatic rings. The molecule has 0 saturated heterocycles. The number of H-pyrrole nitrogens is 1. The van der Waals surface area contributed by atoms with E-state index in [2.05, 4.69) is 32.3 Å². The minimum Gasteiger partial charge on any atom is -0.508 e. The van der Waals surface area contributed by atoms with Crippen LogP contribution in [0.3, 0.4) is 0 Å². The molecule has 2 unspecified atom stereocenters. The number of aromatic hydroxyl groups is 1. The molecule has 0 radical (unpaired) electrons. The van der Waals surface area contributed by atoms with Crippen LogP contribution in [0.2, 0.25) is 0 Å². The maximum atomic E-state index is 13.5. The van der Waals surface area contributed by atoms with Gasteiger partial charge < -0.3 is 25.0 Å². The highest BCUT2D eigenvalue weighted by atomic mass is 79.9. The molecule has 3 N–H and O–H groups in total. The van der Waals surface area contributed by atoms with Gasteiger partial charge >= 0.3 is 6.09 Å². The summed E-state index contributed by atoms with van der Waals surface area (Å²) in [6.45, 7) is 7.46. The highest BCUT2D eigenvalue weighted by Gasteiger charge is 2.37. The number of hydrogen-bond donors (Lipinski definition) is 3. The molecule has 1 aliphatic heterocycles. The lowest BCUT2D eigenvalue weighted by molar-refractivity contribution is -0.135. The molecule has 0 fully saturated rings. The van der Waals surface area contributed by atoms with Crippen LogP contribution >= 0.6 is 15.9 Å². The maximum Gasteiger partial charge on any atom is 0.408 e. The number of aromatic nitrogens is 1. The third-order valence-corrected chi connectivity index (χ3v) is 6.15. The van der Waals surface area contributed by atoms with Gasteiger partial charge in [0, 0.05) is 27.6 Å². The van der Waals surface area contributed by atoms with Crippen molar-refractivity contribution in [3.05, 3.63) is 63.8 Å². The van der Waals surface area contributed by atoms with Crippen molar-refractivity contribution in [3.8, 4) is 5.75 Å². The summed E-state index contributed by atoms with van der Waals surface area (Å²) >= 11 is 3.55. The Morgan fingerprint density at radius 3 is 2.70 bits per heavy atom. The van der Waals surface area contributed by atoms with E-state index in [-0.39, 0.29) is 11.7 Å². The van der Waals surface area contributed by atoms with Crippen LogP contribution in [0.1, 0.15) is 50.6 Å². The van der Waals surface area contributed by atoms with Crippen molar-refractivity contribution in [1.29, 1.82) is 0 Å². The Kier molecular flexibility index (Phi) is 6.14. The van der Waals surface area contributed by atoms with E-state index in [1.165, 1.54) is 0 Å². The van der Waals surface area contributed by atoms with Crippen LogP contribution < -0.4 is 5.32 Å². The second-order valence-electron chi connectivity index (χ2n) is 9.35. The van der Waals surface area contributed by atoms with Crippen molar-refractivity contribution in [2.24, 2.45) is 0 Å². The van der Waals surface area contributed by atoms with Crippen molar-refractivity contribution in [2.75, 3.05) is 6.54 Å². The number of halogens is 1. The second-order valence-corrected chi connectivity index (χ2v) is 10.3. The predicted octanol–water partition coefficient (Wildman–Crippen LogP) is 5.02. The van der Waals surface area contributed by atoms with Gasteiger partial charge in [0.25, 0.3) is 0 Å². The van der Waals surface area contributed by atoms with E-state index in [1.807, 2.05) is 18.2 Å². The summed E-state index contributed by atoms with van der Waals surface area (Å²) in [5.41, 5.74) is 3.19. The molecule has 0 spiro atoms. The molecule has 0 aliphatic carbocycles. The van der Waals surface area contributed by atoms with Crippen LogP contribution in [0.25, 0.3) is 10.9 Å². The fourth-order valence-electron chi connectivity index (χ4n) is 4.33. The summed E-state index contributed by atoms with van der Waals surface area (Å²) in [4.78, 5) is 31.0. The molecular weight excluding hydrogens is 486 g/mol. The van der Waals surface area contributed by atoms with Crippen molar-refractivity contribution in [2.45, 2.75) is 51.8 Å². The number of carbonyl (C=O) groups excluding carboxylic acids is 2. The number of alkyl carbamates (subject to hydrolysis) is 1. The number of phenolic OH excluding ortho intramolecular Hbond substituents is 1. The zero-order valence-electron chi connectivity index (χ0n) is 19.1. The van der Waals surface area contributed by atoms with E-state index >= 15 is 0 Å². The highest BCUT2D eigenvalue weighted by Crippen LogP contribution is 2.40. The third kappa shape index (κ3) is 4.85. The number of fused-ring (bicyclic) bond motifs is 3. The number of amides is 2. The maximum absolute atomic E-state index is 13.5. The first-order chi connectivity index (χ1) is 15.5. The molecule has 2 aromatic carbocycles. The first-order valence-corrected chi connectivity index (χ1v) is 11.7. The summed E-state index contributed by atoms with van der Waals surface area (Å²) in [5.74, 6) is -0.0921. The fraction of sp³-hybridized carbons (Fsp3) is 0.360. The van der Waals surface area contributed by atoms with Gasteiger partial charge in [0.1, 0.15) is 17.4 Å². The Balaban J connectivity index is 1.71. The standard InChI is InChI=1S/C25H28BrN3O4/c1-14(27-24(32)33-25(2,3)4)23(31)29-11-10-18-19-13-16(26)8-9-20(19)28-21(18)22(29)15-6-5-7-17(30)12-15/h5-9,12-14,22,28,30H,10-11H2,1-4H3,(H,27,32). The highest BCUT2D eigenvalue weighted by molar-refractivity contribution is 9.10. The normalized spacial score (nSPS) is 16.9. The van der Waals surface area contributed by atoms with Crippen LogP contribution in [0, 0.1) is 0 Å². The molecular formula is C25H28BrN3O4. The van der Waals surface area contributed by atoms with Crippen LogP contribution in [0.5, 0.6) is 5.75 Å². The summed E-state index contributed by atoms with van der Waals surface area (Å²) < 4.78 is 6.30. The number of carbonyl (C=O) groups is 2. The Bertz CT molecular complexity index is 1210. The smallest absolute Gasteiger partial charge is 0.408 e. The quantitative estimate of drug-likeness (QED) is 0.458. The molecule has 1 aromatic heterocycles. The lowest BCUT2D eigenvalue weighted by atomic mass is 9.91. The molecule has 0 bridgehead atoms. The van der Waals surface area contributed by atoms with Crippen LogP contribution in [-0.4, -0.2) is 45.2 Å². The van der Waals surface area contributed by atoms with Crippen molar-refractivity contribution < 1.29 is 19.4 Å². The van der Waals surface area contributed by atoms with Crippen LogP contribution in [0.4, 0.5) is 4.79 Å². The fourth-order valence-corrected chi connectivity index (χ4v) is 4.70. The molecule has 33 heavy (non-hydrogen) atoms. The number of benzene rings is 2. The number of nitrogens with zero attached hydrogens (tertiary/aromatic N) is 1. The largest absolute Gasteiger partial charge is 0.508 e. The molecule has 7 nitrogen and oxygen atoms in total. The van der Waals surface area contributed by atoms with E-state index in [4.69, 9.17) is 4.74 Å². The number of ether oxygens (including phenoxy) is 1. The lowest BCUT2D eigenvalue weighted by Crippen LogP contribution is -2.51. The summed E-state index contributed by atoms with van der Waals surface area (Å²) in [5, 5.41) is 13.9. The average molecular weight is 514 g/mol. The van der Waals surface area contributed by atoms with Gasteiger partial charge in [-0.15, -0.1) is 0 Å². The Labute approximate surface area is 201 Å². The molecule has 2 atom stereocenters. The topological polar surface area (TPSA) is 94.7 Å². The number of aromatic amines is 1. The average Bonchev–Trinajstić information content (AvgIpc) is 3.08. The predicted molar refractivity (Wildman–Crippen MR) is 130 cm³/mol. The van der Waals surface area contributed by atoms with Gasteiger partial charge in [0.15, 0.2) is 0 Å². The van der Waals surface area contributed by atoms with Gasteiger partial charge in [-0.2, -0.15) is 0 Å². The zero-order chi connectivity index (χ0) is 23.9. The first kappa shape index (κ1) is 23.2. The number of rotatable bonds is 3. The zero-order valence-corrected chi connectivity index (χ0v) is 20.7. The van der Waals surface area contributed by atoms with Crippen molar-refractivity contribution in [3.63, 3.8) is 0 Å². The van der Waals surface area contributed by atoms with Crippen molar-refractivity contribution in [1.82, 2.24) is 15.2 Å². The first-order valence-electron chi connectivity index (χ1n) is 10.9. The molecule has 4 rings (SSSR count). The SMILES string of the molecule is CC(NC(=O)OC(C)(C)C)C(=O)N1CCc2c([nH]c3ccc(Br)cc23)C1c1cccc(O)c1. The van der Waals surface area contributed by atoms with Gasteiger partial charge in [-0.1, -0.05) is 28.1 Å². The number of nitrogens with one attached hydrogen (secondary N) is 2. The van der Waals surface area contributed by atoms with Gasteiger partial charge in [0.2, 0.25) is 5.91 Å². The summed E-state index contributed by atoms with van der Waals surface area (Å²) in [7, 11) is 0. The molecule has 0 saturated carbocycles. The summed E-state index contributed by atoms with van der Waals surface area (Å²) in [6.07, 6.45) is 0.0387. The molecule has 3 aromatic rings. The van der Waals surface area contributed by atoms with Crippen molar-refractivity contribution >= 4 is 38.8 Å². The number of hydrogen-bond acceptors (Lipinski definition) is 4. The van der Waals surface area contributed by atoms with Gasteiger partial charge in [-0.25, -0.2) is 4.79 Å². The monoisotopic (exact) mass is 513 g/mol. The van der Waals surface area contributed by atoms with Gasteiger partial charge in [-0.05, 0) is 75.6 Å². The van der Waals surface area contributed by atoms with Gasteiger partial charge in [0.05, 0.1) is 6.04 Å². The third-order valence-electron chi connectivity index (χ3n) is 5.66. The Morgan fingerprint density at radius 1 is 1.24 bits per heavy atom. The molecule has 174 valence electrons. The minimum absolute atomic E-state index is 0.130. The van der Waals surface area contributed by atoms with Gasteiger partial charge in [-0.3, -0.25) is 4.79 Å². The Hall–Kier alpha value is -3.00. The lowest BCUT2D eigenvalue weighted by Gasteiger charge is -2.38. The Morgan fingerprint density at radius 2 is 2.00 bits per heavy atom. The van der Waals surface area contributed by atoms with E-state index < -0.39 is 23.8 Å².